The number of anilines is 1. The molecule has 0 spiro atoms. The fourth-order valence-electron chi connectivity index (χ4n) is 4.34. The van der Waals surface area contributed by atoms with Gasteiger partial charge in [0.25, 0.3) is 0 Å². The Morgan fingerprint density at radius 1 is 0.897 bits per heavy atom. The Morgan fingerprint density at radius 2 is 1.49 bits per heavy atom. The first-order valence-electron chi connectivity index (χ1n) is 13.0. The monoisotopic (exact) mass is 553 g/mol. The van der Waals surface area contributed by atoms with Crippen LogP contribution in [0.2, 0.25) is 0 Å². The van der Waals surface area contributed by atoms with Gasteiger partial charge in [-0.25, -0.2) is 12.8 Å². The van der Waals surface area contributed by atoms with Crippen LogP contribution in [0, 0.1) is 5.82 Å². The van der Waals surface area contributed by atoms with Crippen LogP contribution in [0.4, 0.5) is 10.1 Å². The Bertz CT molecular complexity index is 1330. The summed E-state index contributed by atoms with van der Waals surface area (Å²) in [5, 5.41) is 2.90. The van der Waals surface area contributed by atoms with Gasteiger partial charge in [0.2, 0.25) is 21.8 Å². The van der Waals surface area contributed by atoms with Crippen molar-refractivity contribution in [2.45, 2.75) is 51.7 Å². The highest BCUT2D eigenvalue weighted by Crippen LogP contribution is 2.20. The molecule has 9 heteroatoms. The van der Waals surface area contributed by atoms with E-state index < -0.39 is 21.9 Å². The van der Waals surface area contributed by atoms with E-state index in [-0.39, 0.29) is 50.2 Å². The first-order chi connectivity index (χ1) is 18.6. The smallest absolute Gasteiger partial charge is 0.243 e. The van der Waals surface area contributed by atoms with Gasteiger partial charge >= 0.3 is 0 Å². The summed E-state index contributed by atoms with van der Waals surface area (Å²) in [5.41, 5.74) is 1.66. The molecular weight excluding hydrogens is 517 g/mol. The summed E-state index contributed by atoms with van der Waals surface area (Å²) in [6.45, 7) is 3.67. The van der Waals surface area contributed by atoms with Gasteiger partial charge in [0, 0.05) is 37.5 Å². The third kappa shape index (κ3) is 8.92. The van der Waals surface area contributed by atoms with Crippen molar-refractivity contribution < 1.29 is 22.4 Å². The number of halogens is 1. The van der Waals surface area contributed by atoms with Gasteiger partial charge in [-0.3, -0.25) is 13.9 Å². The minimum absolute atomic E-state index is 0.0203. The van der Waals surface area contributed by atoms with E-state index in [1.165, 1.54) is 15.3 Å². The van der Waals surface area contributed by atoms with Crippen LogP contribution < -0.4 is 9.62 Å². The van der Waals surface area contributed by atoms with E-state index in [1.54, 1.807) is 48.5 Å². The van der Waals surface area contributed by atoms with Crippen molar-refractivity contribution >= 4 is 27.5 Å². The number of hydrogen-bond donors (Lipinski definition) is 1. The molecule has 0 saturated heterocycles. The molecule has 3 aromatic rings. The second kappa shape index (κ2) is 13.9. The number of benzene rings is 3. The van der Waals surface area contributed by atoms with Gasteiger partial charge in [-0.1, -0.05) is 66.7 Å². The molecule has 1 atom stereocenters. The number of para-hydroxylation sites is 1. The number of carbonyl (C=O) groups excluding carboxylic acids is 2. The Labute approximate surface area is 230 Å². The average Bonchev–Trinajstić information content (AvgIpc) is 2.89. The van der Waals surface area contributed by atoms with Crippen molar-refractivity contribution in [2.75, 3.05) is 17.1 Å². The van der Waals surface area contributed by atoms with E-state index in [0.717, 1.165) is 11.8 Å². The lowest BCUT2D eigenvalue weighted by molar-refractivity contribution is -0.141. The van der Waals surface area contributed by atoms with E-state index in [0.29, 0.717) is 11.3 Å². The molecule has 0 saturated carbocycles. The molecule has 0 aromatic heterocycles. The highest BCUT2D eigenvalue weighted by Gasteiger charge is 2.31. The summed E-state index contributed by atoms with van der Waals surface area (Å²) >= 11 is 0. The third-order valence-corrected chi connectivity index (χ3v) is 7.39. The number of amides is 2. The Kier molecular flexibility index (Phi) is 10.6. The van der Waals surface area contributed by atoms with Gasteiger partial charge in [-0.2, -0.15) is 0 Å². The Morgan fingerprint density at radius 3 is 2.08 bits per heavy atom. The van der Waals surface area contributed by atoms with Gasteiger partial charge < -0.3 is 10.2 Å². The quantitative estimate of drug-likeness (QED) is 0.337. The van der Waals surface area contributed by atoms with Crippen LogP contribution >= 0.6 is 0 Å². The number of nitrogens with zero attached hydrogens (tertiary/aromatic N) is 2. The molecule has 3 aromatic carbocycles. The fraction of sp³-hybridized carbons (Fsp3) is 0.333. The molecule has 2 amide bonds. The van der Waals surface area contributed by atoms with Gasteiger partial charge in [0.1, 0.15) is 11.9 Å². The van der Waals surface area contributed by atoms with E-state index in [2.05, 4.69) is 5.32 Å². The van der Waals surface area contributed by atoms with Gasteiger partial charge in [0.15, 0.2) is 0 Å². The van der Waals surface area contributed by atoms with Crippen molar-refractivity contribution in [1.82, 2.24) is 10.2 Å². The molecule has 0 heterocycles. The van der Waals surface area contributed by atoms with E-state index in [9.17, 15) is 22.4 Å². The van der Waals surface area contributed by atoms with Crippen LogP contribution in [0.15, 0.2) is 84.9 Å². The minimum atomic E-state index is -3.58. The molecule has 0 aliphatic heterocycles. The normalized spacial score (nSPS) is 12.1. The topological polar surface area (TPSA) is 86.8 Å². The summed E-state index contributed by atoms with van der Waals surface area (Å²) in [5.74, 6) is -1.16. The highest BCUT2D eigenvalue weighted by atomic mass is 32.2. The summed E-state index contributed by atoms with van der Waals surface area (Å²) in [4.78, 5) is 28.5. The summed E-state index contributed by atoms with van der Waals surface area (Å²) in [6.07, 6.45) is 1.57. The van der Waals surface area contributed by atoms with Crippen molar-refractivity contribution in [2.24, 2.45) is 0 Å². The van der Waals surface area contributed by atoms with E-state index >= 15 is 0 Å². The predicted octanol–water partition coefficient (Wildman–Crippen LogP) is 4.54. The standard InChI is InChI=1S/C30H36FN3O4S/c1-23(2)32-30(36)28(21-24-13-6-4-7-14-24)33(22-25-15-10-11-18-27(25)31)29(35)19-12-20-34(39(3,37)38)26-16-8-5-9-17-26/h4-11,13-18,23,28H,12,19-22H2,1-3H3,(H,32,36)/t28-/m0/s1. The van der Waals surface area contributed by atoms with E-state index in [4.69, 9.17) is 0 Å². The second-order valence-electron chi connectivity index (χ2n) is 9.76. The lowest BCUT2D eigenvalue weighted by atomic mass is 10.0. The second-order valence-corrected chi connectivity index (χ2v) is 11.7. The first-order valence-corrected chi connectivity index (χ1v) is 14.8. The lowest BCUT2D eigenvalue weighted by Gasteiger charge is -2.32. The summed E-state index contributed by atoms with van der Waals surface area (Å²) < 4.78 is 40.9. The van der Waals surface area contributed by atoms with Crippen LogP contribution in [0.5, 0.6) is 0 Å². The summed E-state index contributed by atoms with van der Waals surface area (Å²) in [6, 6.07) is 23.2. The van der Waals surface area contributed by atoms with Gasteiger partial charge in [-0.15, -0.1) is 0 Å². The van der Waals surface area contributed by atoms with Crippen LogP contribution in [-0.2, 0) is 32.6 Å². The zero-order chi connectivity index (χ0) is 28.4. The van der Waals surface area contributed by atoms with Crippen molar-refractivity contribution in [1.29, 1.82) is 0 Å². The molecule has 208 valence electrons. The molecule has 0 radical (unpaired) electrons. The van der Waals surface area contributed by atoms with Crippen molar-refractivity contribution in [3.05, 3.63) is 102 Å². The molecule has 0 fully saturated rings. The first kappa shape index (κ1) is 29.8. The highest BCUT2D eigenvalue weighted by molar-refractivity contribution is 7.92. The largest absolute Gasteiger partial charge is 0.352 e. The molecule has 0 bridgehead atoms. The molecule has 39 heavy (non-hydrogen) atoms. The minimum Gasteiger partial charge on any atom is -0.352 e. The molecule has 0 unspecified atom stereocenters. The Hall–Kier alpha value is -3.72. The third-order valence-electron chi connectivity index (χ3n) is 6.20. The zero-order valence-electron chi connectivity index (χ0n) is 22.6. The number of sulfonamides is 1. The molecule has 1 N–H and O–H groups in total. The SMILES string of the molecule is CC(C)NC(=O)[C@H](Cc1ccccc1)N(Cc1ccccc1F)C(=O)CCCN(c1ccccc1)S(C)(=O)=O. The van der Waals surface area contributed by atoms with Crippen LogP contribution in [0.25, 0.3) is 0 Å². The van der Waals surface area contributed by atoms with Crippen LogP contribution in [0.1, 0.15) is 37.8 Å². The van der Waals surface area contributed by atoms with Crippen LogP contribution in [0.3, 0.4) is 0 Å². The molecule has 3 rings (SSSR count). The van der Waals surface area contributed by atoms with Gasteiger partial charge in [0.05, 0.1) is 11.9 Å². The number of carbonyl (C=O) groups is 2. The van der Waals surface area contributed by atoms with Crippen LogP contribution in [-0.4, -0.2) is 50.0 Å². The number of rotatable bonds is 13. The summed E-state index contributed by atoms with van der Waals surface area (Å²) in [7, 11) is -3.58. The molecule has 0 aliphatic carbocycles. The molecule has 0 aliphatic rings. The molecular formula is C30H36FN3O4S. The maximum absolute atomic E-state index is 14.7. The van der Waals surface area contributed by atoms with E-state index in [1.807, 2.05) is 44.2 Å². The maximum Gasteiger partial charge on any atom is 0.243 e. The lowest BCUT2D eigenvalue weighted by Crippen LogP contribution is -2.52. The number of nitrogens with one attached hydrogen (secondary N) is 1. The van der Waals surface area contributed by atoms with Gasteiger partial charge in [-0.05, 0) is 44.0 Å². The zero-order valence-corrected chi connectivity index (χ0v) is 23.4. The maximum atomic E-state index is 14.7. The predicted molar refractivity (Wildman–Crippen MR) is 152 cm³/mol. The average molecular weight is 554 g/mol. The van der Waals surface area contributed by atoms with Crippen molar-refractivity contribution in [3.63, 3.8) is 0 Å². The Balaban J connectivity index is 1.88. The fourth-order valence-corrected chi connectivity index (χ4v) is 5.31. The van der Waals surface area contributed by atoms with Crippen molar-refractivity contribution in [3.8, 4) is 0 Å². The number of hydrogen-bond acceptors (Lipinski definition) is 4. The molecule has 7 nitrogen and oxygen atoms in total.